The van der Waals surface area contributed by atoms with Crippen LogP contribution in [-0.4, -0.2) is 54.5 Å². The molecule has 9 heteroatoms. The average Bonchev–Trinajstić information content (AvgIpc) is 3.28. The molecule has 1 fully saturated rings. The van der Waals surface area contributed by atoms with Gasteiger partial charge in [-0.05, 0) is 42.5 Å². The van der Waals surface area contributed by atoms with Crippen molar-refractivity contribution in [1.29, 1.82) is 0 Å². The van der Waals surface area contributed by atoms with Crippen LogP contribution in [-0.2, 0) is 31.9 Å². The SMILES string of the molecule is COC(=O)CC(=O)NC[C@H]1CN(c2ccc3c(c2)CCCc2cn[nH]c2-3)C(=O)O1. The molecule has 29 heavy (non-hydrogen) atoms. The molecule has 2 N–H and O–H groups in total. The Kier molecular flexibility index (Phi) is 5.20. The van der Waals surface area contributed by atoms with Crippen LogP contribution in [0, 0.1) is 0 Å². The Balaban J connectivity index is 1.43. The Hall–Kier alpha value is -3.36. The number of fused-ring (bicyclic) bond motifs is 3. The molecular weight excluding hydrogens is 376 g/mol. The first-order valence-corrected chi connectivity index (χ1v) is 9.52. The molecule has 0 radical (unpaired) electrons. The third-order valence-electron chi connectivity index (χ3n) is 5.21. The van der Waals surface area contributed by atoms with Gasteiger partial charge >= 0.3 is 12.1 Å². The van der Waals surface area contributed by atoms with E-state index in [1.165, 1.54) is 12.7 Å². The molecule has 0 bridgehead atoms. The topological polar surface area (TPSA) is 114 Å². The molecule has 2 aromatic rings. The highest BCUT2D eigenvalue weighted by Crippen LogP contribution is 2.34. The van der Waals surface area contributed by atoms with Gasteiger partial charge in [-0.3, -0.25) is 19.6 Å². The summed E-state index contributed by atoms with van der Waals surface area (Å²) in [6.45, 7) is 0.464. The molecule has 1 aromatic heterocycles. The summed E-state index contributed by atoms with van der Waals surface area (Å²) in [6.07, 6.45) is 3.48. The third kappa shape index (κ3) is 3.94. The molecule has 2 amide bonds. The minimum absolute atomic E-state index is 0.139. The minimum atomic E-state index is -0.613. The lowest BCUT2D eigenvalue weighted by Crippen LogP contribution is -2.35. The predicted octanol–water partition coefficient (Wildman–Crippen LogP) is 1.57. The fourth-order valence-corrected chi connectivity index (χ4v) is 3.73. The lowest BCUT2D eigenvalue weighted by Gasteiger charge is -2.16. The van der Waals surface area contributed by atoms with E-state index in [0.717, 1.165) is 41.8 Å². The maximum Gasteiger partial charge on any atom is 0.414 e. The van der Waals surface area contributed by atoms with Crippen LogP contribution in [0.25, 0.3) is 11.3 Å². The van der Waals surface area contributed by atoms with E-state index in [4.69, 9.17) is 4.74 Å². The number of carbonyl (C=O) groups is 3. The normalized spacial score (nSPS) is 17.8. The number of cyclic esters (lactones) is 1. The molecule has 1 aromatic carbocycles. The van der Waals surface area contributed by atoms with E-state index in [0.29, 0.717) is 6.54 Å². The number of esters is 1. The summed E-state index contributed by atoms with van der Waals surface area (Å²) < 4.78 is 9.82. The zero-order chi connectivity index (χ0) is 20.4. The molecule has 9 nitrogen and oxygen atoms in total. The highest BCUT2D eigenvalue weighted by atomic mass is 16.6. The average molecular weight is 398 g/mol. The van der Waals surface area contributed by atoms with E-state index < -0.39 is 24.1 Å². The van der Waals surface area contributed by atoms with Gasteiger partial charge < -0.3 is 14.8 Å². The van der Waals surface area contributed by atoms with Crippen molar-refractivity contribution in [1.82, 2.24) is 15.5 Å². The van der Waals surface area contributed by atoms with Gasteiger partial charge in [-0.2, -0.15) is 5.10 Å². The van der Waals surface area contributed by atoms with E-state index in [1.807, 2.05) is 24.4 Å². The highest BCUT2D eigenvalue weighted by molar-refractivity contribution is 5.94. The predicted molar refractivity (Wildman–Crippen MR) is 103 cm³/mol. The molecule has 0 unspecified atom stereocenters. The fraction of sp³-hybridized carbons (Fsp3) is 0.400. The maximum absolute atomic E-state index is 12.3. The second kappa shape index (κ2) is 7.94. The number of benzene rings is 1. The Bertz CT molecular complexity index is 954. The first kappa shape index (κ1) is 19.0. The molecule has 0 saturated carbocycles. The number of hydrogen-bond acceptors (Lipinski definition) is 6. The molecule has 4 rings (SSSR count). The lowest BCUT2D eigenvalue weighted by atomic mass is 10.0. The number of H-pyrrole nitrogens is 1. The van der Waals surface area contributed by atoms with Crippen molar-refractivity contribution in [2.45, 2.75) is 31.8 Å². The molecule has 2 heterocycles. The third-order valence-corrected chi connectivity index (χ3v) is 5.21. The van der Waals surface area contributed by atoms with Crippen molar-refractivity contribution in [2.75, 3.05) is 25.1 Å². The van der Waals surface area contributed by atoms with Crippen molar-refractivity contribution in [2.24, 2.45) is 0 Å². The van der Waals surface area contributed by atoms with Gasteiger partial charge in [-0.15, -0.1) is 0 Å². The number of ether oxygens (including phenoxy) is 2. The summed E-state index contributed by atoms with van der Waals surface area (Å²) in [4.78, 5) is 36.7. The number of anilines is 1. The van der Waals surface area contributed by atoms with Gasteiger partial charge in [0.25, 0.3) is 0 Å². The van der Waals surface area contributed by atoms with Gasteiger partial charge in [0.1, 0.15) is 12.5 Å². The van der Waals surface area contributed by atoms with E-state index in [1.54, 1.807) is 4.90 Å². The summed E-state index contributed by atoms with van der Waals surface area (Å²) in [5.74, 6) is -1.08. The smallest absolute Gasteiger partial charge is 0.414 e. The first-order chi connectivity index (χ1) is 14.0. The van der Waals surface area contributed by atoms with Crippen LogP contribution >= 0.6 is 0 Å². The number of hydrogen-bond donors (Lipinski definition) is 2. The quantitative estimate of drug-likeness (QED) is 0.584. The summed E-state index contributed by atoms with van der Waals surface area (Å²) >= 11 is 0. The molecule has 1 atom stereocenters. The zero-order valence-electron chi connectivity index (χ0n) is 16.1. The van der Waals surface area contributed by atoms with E-state index in [-0.39, 0.29) is 13.0 Å². The van der Waals surface area contributed by atoms with E-state index in [2.05, 4.69) is 20.3 Å². The Morgan fingerprint density at radius 1 is 1.34 bits per heavy atom. The first-order valence-electron chi connectivity index (χ1n) is 9.52. The molecule has 0 spiro atoms. The molecule has 1 saturated heterocycles. The molecule has 2 aliphatic rings. The molecule has 1 aliphatic heterocycles. The van der Waals surface area contributed by atoms with Crippen LogP contribution in [0.2, 0.25) is 0 Å². The number of aryl methyl sites for hydroxylation is 2. The number of nitrogens with one attached hydrogen (secondary N) is 2. The van der Waals surface area contributed by atoms with E-state index in [9.17, 15) is 14.4 Å². The molecule has 1 aliphatic carbocycles. The highest BCUT2D eigenvalue weighted by Gasteiger charge is 2.33. The summed E-state index contributed by atoms with van der Waals surface area (Å²) in [7, 11) is 1.22. The van der Waals surface area contributed by atoms with E-state index >= 15 is 0 Å². The number of aromatic nitrogens is 2. The number of carbonyl (C=O) groups excluding carboxylic acids is 3. The van der Waals surface area contributed by atoms with Crippen molar-refractivity contribution >= 4 is 23.7 Å². The summed E-state index contributed by atoms with van der Waals surface area (Å²) in [5.41, 5.74) is 5.28. The Morgan fingerprint density at radius 3 is 3.00 bits per heavy atom. The van der Waals surface area contributed by atoms with Gasteiger partial charge in [0.05, 0.1) is 32.1 Å². The largest absolute Gasteiger partial charge is 0.469 e. The van der Waals surface area contributed by atoms with Crippen LogP contribution in [0.4, 0.5) is 10.5 Å². The molecular formula is C20H22N4O5. The monoisotopic (exact) mass is 398 g/mol. The number of aromatic amines is 1. The van der Waals surface area contributed by atoms with Gasteiger partial charge in [0, 0.05) is 11.3 Å². The Labute approximate surface area is 167 Å². The second-order valence-corrected chi connectivity index (χ2v) is 7.14. The maximum atomic E-state index is 12.3. The van der Waals surface area contributed by atoms with Gasteiger partial charge in [-0.1, -0.05) is 6.07 Å². The lowest BCUT2D eigenvalue weighted by molar-refractivity contribution is -0.143. The van der Waals surface area contributed by atoms with Crippen LogP contribution in [0.1, 0.15) is 24.0 Å². The van der Waals surface area contributed by atoms with Gasteiger partial charge in [0.2, 0.25) is 5.91 Å². The van der Waals surface area contributed by atoms with Crippen LogP contribution in [0.5, 0.6) is 0 Å². The van der Waals surface area contributed by atoms with Crippen LogP contribution < -0.4 is 10.2 Å². The van der Waals surface area contributed by atoms with Crippen molar-refractivity contribution < 1.29 is 23.9 Å². The zero-order valence-corrected chi connectivity index (χ0v) is 16.1. The van der Waals surface area contributed by atoms with Crippen LogP contribution in [0.3, 0.4) is 0 Å². The minimum Gasteiger partial charge on any atom is -0.469 e. The summed E-state index contributed by atoms with van der Waals surface area (Å²) in [6, 6.07) is 5.92. The van der Waals surface area contributed by atoms with Crippen molar-refractivity contribution in [3.8, 4) is 11.3 Å². The second-order valence-electron chi connectivity index (χ2n) is 7.14. The number of methoxy groups -OCH3 is 1. The Morgan fingerprint density at radius 2 is 2.17 bits per heavy atom. The number of nitrogens with zero attached hydrogens (tertiary/aromatic N) is 2. The van der Waals surface area contributed by atoms with Crippen LogP contribution in [0.15, 0.2) is 24.4 Å². The number of rotatable bonds is 5. The van der Waals surface area contributed by atoms with Gasteiger partial charge in [-0.25, -0.2) is 4.79 Å². The standard InChI is InChI=1S/C20H22N4O5/c1-28-18(26)8-17(25)21-10-15-11-24(20(27)29-15)14-5-6-16-12(7-14)3-2-4-13-9-22-23-19(13)16/h5-7,9,15H,2-4,8,10-11H2,1H3,(H,21,25)(H,22,23)/t15-/m0/s1. The number of amides is 2. The van der Waals surface area contributed by atoms with Crippen molar-refractivity contribution in [3.63, 3.8) is 0 Å². The van der Waals surface area contributed by atoms with Gasteiger partial charge in [0.15, 0.2) is 0 Å². The van der Waals surface area contributed by atoms with Crippen molar-refractivity contribution in [3.05, 3.63) is 35.5 Å². The fourth-order valence-electron chi connectivity index (χ4n) is 3.73. The molecule has 152 valence electrons. The summed E-state index contributed by atoms with van der Waals surface area (Å²) in [5, 5.41) is 9.82.